The molecule has 1 amide bonds. The lowest BCUT2D eigenvalue weighted by molar-refractivity contribution is -0.139. The highest BCUT2D eigenvalue weighted by atomic mass is 35.5. The van der Waals surface area contributed by atoms with Crippen LogP contribution < -0.4 is 10.2 Å². The van der Waals surface area contributed by atoms with Gasteiger partial charge in [0.1, 0.15) is 12.6 Å². The van der Waals surface area contributed by atoms with Gasteiger partial charge in [-0.3, -0.25) is 4.90 Å². The number of carbonyl (C=O) groups is 2. The van der Waals surface area contributed by atoms with Gasteiger partial charge in [0.2, 0.25) is 5.95 Å². The number of carbonyl (C=O) groups excluding carboxylic acids is 1. The molecule has 1 aliphatic carbocycles. The van der Waals surface area contributed by atoms with Crippen LogP contribution in [-0.2, 0) is 9.53 Å². The molecule has 1 saturated heterocycles. The van der Waals surface area contributed by atoms with E-state index in [0.29, 0.717) is 12.8 Å². The summed E-state index contributed by atoms with van der Waals surface area (Å²) >= 11 is 0. The summed E-state index contributed by atoms with van der Waals surface area (Å²) in [6, 6.07) is 17.0. The van der Waals surface area contributed by atoms with Crippen molar-refractivity contribution in [2.24, 2.45) is 0 Å². The van der Waals surface area contributed by atoms with E-state index in [1.54, 1.807) is 18.5 Å². The first-order valence-electron chi connectivity index (χ1n) is 12.7. The fourth-order valence-corrected chi connectivity index (χ4v) is 5.18. The number of aromatic nitrogens is 2. The molecule has 2 aliphatic rings. The second-order valence-electron chi connectivity index (χ2n) is 9.38. The Balaban J connectivity index is 0.00000336. The van der Waals surface area contributed by atoms with Crippen molar-refractivity contribution < 1.29 is 19.4 Å². The van der Waals surface area contributed by atoms with Crippen LogP contribution >= 0.6 is 12.4 Å². The Bertz CT molecular complexity index is 1190. The van der Waals surface area contributed by atoms with Crippen molar-refractivity contribution >= 4 is 30.4 Å². The second kappa shape index (κ2) is 12.7. The number of nitrogens with zero attached hydrogens (tertiary/aromatic N) is 4. The van der Waals surface area contributed by atoms with Crippen LogP contribution in [0.2, 0.25) is 0 Å². The first kappa shape index (κ1) is 27.3. The van der Waals surface area contributed by atoms with Crippen molar-refractivity contribution in [3.63, 3.8) is 0 Å². The molecule has 0 saturated carbocycles. The van der Waals surface area contributed by atoms with Gasteiger partial charge in [-0.1, -0.05) is 48.5 Å². The van der Waals surface area contributed by atoms with Crippen molar-refractivity contribution in [1.29, 1.82) is 0 Å². The predicted octanol–water partition coefficient (Wildman–Crippen LogP) is 3.79. The molecule has 2 N–H and O–H groups in total. The number of carboxylic acid groups (broad SMARTS) is 1. The van der Waals surface area contributed by atoms with Crippen molar-refractivity contribution in [1.82, 2.24) is 20.2 Å². The van der Waals surface area contributed by atoms with Gasteiger partial charge >= 0.3 is 12.1 Å². The van der Waals surface area contributed by atoms with Crippen LogP contribution in [0.4, 0.5) is 10.7 Å². The summed E-state index contributed by atoms with van der Waals surface area (Å²) in [5.41, 5.74) is 4.52. The third kappa shape index (κ3) is 6.23. The molecule has 5 rings (SSSR count). The van der Waals surface area contributed by atoms with Crippen LogP contribution in [-0.4, -0.2) is 77.4 Å². The topological polar surface area (TPSA) is 108 Å². The fraction of sp³-hybridized carbons (Fsp3) is 0.357. The third-order valence-corrected chi connectivity index (χ3v) is 7.11. The molecule has 3 aromatic rings. The second-order valence-corrected chi connectivity index (χ2v) is 9.38. The fourth-order valence-electron chi connectivity index (χ4n) is 5.18. The number of nitrogens with one attached hydrogen (secondary N) is 1. The number of hydrogen-bond acceptors (Lipinski definition) is 7. The maximum atomic E-state index is 12.5. The zero-order valence-corrected chi connectivity index (χ0v) is 21.8. The van der Waals surface area contributed by atoms with Crippen molar-refractivity contribution in [2.45, 2.75) is 24.8 Å². The number of amides is 1. The van der Waals surface area contributed by atoms with E-state index in [1.165, 1.54) is 0 Å². The minimum Gasteiger partial charge on any atom is -0.480 e. The summed E-state index contributed by atoms with van der Waals surface area (Å²) in [6.07, 6.45) is 3.77. The molecular weight excluding hydrogens is 506 g/mol. The largest absolute Gasteiger partial charge is 0.480 e. The van der Waals surface area contributed by atoms with Gasteiger partial charge in [-0.2, -0.15) is 0 Å². The molecule has 38 heavy (non-hydrogen) atoms. The highest BCUT2D eigenvalue weighted by molar-refractivity contribution is 5.85. The average Bonchev–Trinajstić information content (AvgIpc) is 3.26. The molecule has 1 aromatic heterocycles. The number of alkyl carbamates (subject to hydrolysis) is 1. The molecule has 10 heteroatoms. The molecular formula is C28H32ClN5O4. The van der Waals surface area contributed by atoms with Gasteiger partial charge < -0.3 is 20.1 Å². The number of rotatable bonds is 9. The first-order valence-corrected chi connectivity index (χ1v) is 12.7. The lowest BCUT2D eigenvalue weighted by Crippen LogP contribution is -2.47. The zero-order valence-electron chi connectivity index (χ0n) is 21.0. The summed E-state index contributed by atoms with van der Waals surface area (Å²) < 4.78 is 5.53. The maximum Gasteiger partial charge on any atom is 0.407 e. The molecule has 1 atom stereocenters. The van der Waals surface area contributed by atoms with Crippen molar-refractivity contribution in [3.05, 3.63) is 78.1 Å². The molecule has 0 bridgehead atoms. The van der Waals surface area contributed by atoms with Gasteiger partial charge in [0.25, 0.3) is 0 Å². The minimum atomic E-state index is -1.06. The normalized spacial score (nSPS) is 15.6. The van der Waals surface area contributed by atoms with Gasteiger partial charge in [-0.15, -0.1) is 12.4 Å². The van der Waals surface area contributed by atoms with Crippen LogP contribution in [0.15, 0.2) is 67.0 Å². The summed E-state index contributed by atoms with van der Waals surface area (Å²) in [5, 5.41) is 12.2. The summed E-state index contributed by atoms with van der Waals surface area (Å²) in [7, 11) is 0. The van der Waals surface area contributed by atoms with Crippen molar-refractivity contribution in [3.8, 4) is 11.1 Å². The number of anilines is 1. The Morgan fingerprint density at radius 3 is 2.16 bits per heavy atom. The lowest BCUT2D eigenvalue weighted by atomic mass is 9.98. The molecule has 0 unspecified atom stereocenters. The molecule has 1 aliphatic heterocycles. The van der Waals surface area contributed by atoms with Gasteiger partial charge in [-0.05, 0) is 47.7 Å². The lowest BCUT2D eigenvalue weighted by Gasteiger charge is -2.34. The highest BCUT2D eigenvalue weighted by Crippen LogP contribution is 2.44. The molecule has 200 valence electrons. The number of halogens is 1. The van der Waals surface area contributed by atoms with Gasteiger partial charge in [0.05, 0.1) is 0 Å². The first-order chi connectivity index (χ1) is 18.1. The van der Waals surface area contributed by atoms with Crippen LogP contribution in [0.1, 0.15) is 29.9 Å². The van der Waals surface area contributed by atoms with Crippen LogP contribution in [0.5, 0.6) is 0 Å². The molecule has 2 aromatic carbocycles. The predicted molar refractivity (Wildman–Crippen MR) is 147 cm³/mol. The Morgan fingerprint density at radius 1 is 0.947 bits per heavy atom. The van der Waals surface area contributed by atoms with Crippen LogP contribution in [0.25, 0.3) is 11.1 Å². The van der Waals surface area contributed by atoms with E-state index in [9.17, 15) is 14.7 Å². The smallest absolute Gasteiger partial charge is 0.407 e. The number of piperazine rings is 1. The van der Waals surface area contributed by atoms with E-state index < -0.39 is 18.1 Å². The maximum absolute atomic E-state index is 12.5. The van der Waals surface area contributed by atoms with E-state index in [-0.39, 0.29) is 24.9 Å². The molecule has 0 spiro atoms. The van der Waals surface area contributed by atoms with Gasteiger partial charge in [0.15, 0.2) is 0 Å². The number of hydrogen-bond donors (Lipinski definition) is 2. The van der Waals surface area contributed by atoms with E-state index >= 15 is 0 Å². The SMILES string of the molecule is Cl.O=C(N[C@@H](CCCN1CCN(c2ncccn2)CC1)C(=O)O)OCC1c2ccccc2-c2ccccc21. The monoisotopic (exact) mass is 537 g/mol. The van der Waals surface area contributed by atoms with Gasteiger partial charge in [0, 0.05) is 44.5 Å². The molecule has 2 heterocycles. The Morgan fingerprint density at radius 2 is 1.55 bits per heavy atom. The Kier molecular flexibility index (Phi) is 9.15. The summed E-state index contributed by atoms with van der Waals surface area (Å²) in [5.74, 6) is -0.388. The standard InChI is InChI=1S/C28H31N5O4.ClH/c34-26(35)25(11-5-14-32-15-17-33(18-16-32)27-29-12-6-13-30-27)31-28(36)37-19-24-22-9-3-1-7-20(22)21-8-2-4-10-23(21)24;/h1-4,6-10,12-13,24-25H,5,11,14-19H2,(H,31,36)(H,34,35);1H/t25-;/m0./s1. The quantitative estimate of drug-likeness (QED) is 0.424. The number of benzene rings is 2. The Hall–Kier alpha value is -3.69. The molecule has 1 fully saturated rings. The number of carboxylic acids is 1. The van der Waals surface area contributed by atoms with E-state index in [2.05, 4.69) is 37.2 Å². The number of aliphatic carboxylic acids is 1. The zero-order chi connectivity index (χ0) is 25.6. The number of fused-ring (bicyclic) bond motifs is 3. The van der Waals surface area contributed by atoms with Crippen molar-refractivity contribution in [2.75, 3.05) is 44.2 Å². The van der Waals surface area contributed by atoms with E-state index in [1.807, 2.05) is 36.4 Å². The highest BCUT2D eigenvalue weighted by Gasteiger charge is 2.30. The third-order valence-electron chi connectivity index (χ3n) is 7.11. The van der Waals surface area contributed by atoms with E-state index in [0.717, 1.165) is 60.9 Å². The molecule has 0 radical (unpaired) electrons. The van der Waals surface area contributed by atoms with Crippen LogP contribution in [0, 0.1) is 0 Å². The minimum absolute atomic E-state index is 0. The van der Waals surface area contributed by atoms with E-state index in [4.69, 9.17) is 4.74 Å². The summed E-state index contributed by atoms with van der Waals surface area (Å²) in [6.45, 7) is 4.28. The average molecular weight is 538 g/mol. The molecule has 9 nitrogen and oxygen atoms in total. The van der Waals surface area contributed by atoms with Crippen LogP contribution in [0.3, 0.4) is 0 Å². The summed E-state index contributed by atoms with van der Waals surface area (Å²) in [4.78, 5) is 37.4. The van der Waals surface area contributed by atoms with Gasteiger partial charge in [-0.25, -0.2) is 19.6 Å². The Labute approximate surface area is 228 Å². The number of ether oxygens (including phenoxy) is 1.